The van der Waals surface area contributed by atoms with Crippen molar-refractivity contribution in [2.45, 2.75) is 33.2 Å². The Morgan fingerprint density at radius 3 is 2.96 bits per heavy atom. The Kier molecular flexibility index (Phi) is 5.05. The van der Waals surface area contributed by atoms with Gasteiger partial charge in [0.15, 0.2) is 5.82 Å². The van der Waals surface area contributed by atoms with Crippen molar-refractivity contribution in [3.8, 4) is 0 Å². The molecule has 0 spiro atoms. The Morgan fingerprint density at radius 1 is 1.33 bits per heavy atom. The topological polar surface area (TPSA) is 94.1 Å². The molecule has 3 rings (SSSR count). The zero-order chi connectivity index (χ0) is 16.9. The molecule has 1 amide bonds. The number of hydrogen-bond donors (Lipinski definition) is 1. The minimum Gasteiger partial charge on any atom is -0.351 e. The summed E-state index contributed by atoms with van der Waals surface area (Å²) in [6.45, 7) is 4.31. The second kappa shape index (κ2) is 7.39. The van der Waals surface area contributed by atoms with Gasteiger partial charge in [0.05, 0.1) is 12.2 Å². The van der Waals surface area contributed by atoms with Crippen LogP contribution in [-0.4, -0.2) is 21.2 Å². The van der Waals surface area contributed by atoms with Crippen LogP contribution in [0.25, 0.3) is 0 Å². The molecule has 0 radical (unpaired) electrons. The van der Waals surface area contributed by atoms with E-state index in [1.807, 2.05) is 17.5 Å². The largest absolute Gasteiger partial charge is 0.351 e. The Morgan fingerprint density at radius 2 is 2.21 bits per heavy atom. The SMILES string of the molecule is CC(C)Cc1cc(C(=O)NCc2nc(Cc3cccs3)no2)on1. The molecule has 0 saturated heterocycles. The van der Waals surface area contributed by atoms with Crippen molar-refractivity contribution in [2.75, 3.05) is 0 Å². The Labute approximate surface area is 143 Å². The minimum atomic E-state index is -0.351. The molecule has 0 aromatic carbocycles. The number of nitrogens with zero attached hydrogens (tertiary/aromatic N) is 3. The van der Waals surface area contributed by atoms with Gasteiger partial charge in [-0.2, -0.15) is 4.98 Å². The predicted octanol–water partition coefficient (Wildman–Crippen LogP) is 2.84. The fraction of sp³-hybridized carbons (Fsp3) is 0.375. The molecule has 3 aromatic rings. The van der Waals surface area contributed by atoms with Gasteiger partial charge in [0.1, 0.15) is 0 Å². The van der Waals surface area contributed by atoms with Gasteiger partial charge in [0.25, 0.3) is 5.91 Å². The van der Waals surface area contributed by atoms with Crippen LogP contribution in [0.5, 0.6) is 0 Å². The third-order valence-corrected chi connectivity index (χ3v) is 4.10. The van der Waals surface area contributed by atoms with Crippen molar-refractivity contribution >= 4 is 17.2 Å². The van der Waals surface area contributed by atoms with Gasteiger partial charge in [-0.25, -0.2) is 0 Å². The van der Waals surface area contributed by atoms with E-state index >= 15 is 0 Å². The summed E-state index contributed by atoms with van der Waals surface area (Å²) in [5, 5.41) is 12.5. The maximum absolute atomic E-state index is 12.0. The summed E-state index contributed by atoms with van der Waals surface area (Å²) in [5.41, 5.74) is 0.770. The number of carbonyl (C=O) groups is 1. The molecule has 7 nitrogen and oxygen atoms in total. The summed E-state index contributed by atoms with van der Waals surface area (Å²) in [7, 11) is 0. The van der Waals surface area contributed by atoms with E-state index in [1.165, 1.54) is 0 Å². The lowest BCUT2D eigenvalue weighted by Crippen LogP contribution is -2.22. The van der Waals surface area contributed by atoms with E-state index in [4.69, 9.17) is 9.05 Å². The van der Waals surface area contributed by atoms with Crippen molar-refractivity contribution in [3.05, 3.63) is 51.6 Å². The number of carbonyl (C=O) groups excluding carboxylic acids is 1. The molecular formula is C16H18N4O3S. The van der Waals surface area contributed by atoms with E-state index in [1.54, 1.807) is 17.4 Å². The van der Waals surface area contributed by atoms with Crippen LogP contribution in [0.3, 0.4) is 0 Å². The molecular weight excluding hydrogens is 328 g/mol. The van der Waals surface area contributed by atoms with Gasteiger partial charge in [0, 0.05) is 17.4 Å². The number of rotatable bonds is 7. The second-order valence-electron chi connectivity index (χ2n) is 5.82. The number of nitrogens with one attached hydrogen (secondary N) is 1. The maximum Gasteiger partial charge on any atom is 0.290 e. The second-order valence-corrected chi connectivity index (χ2v) is 6.86. The van der Waals surface area contributed by atoms with Crippen LogP contribution >= 0.6 is 11.3 Å². The standard InChI is InChI=1S/C16H18N4O3S/c1-10(2)6-11-7-13(22-19-11)16(21)17-9-15-18-14(20-23-15)8-12-4-3-5-24-12/h3-5,7,10H,6,8-9H2,1-2H3,(H,17,21). The lowest BCUT2D eigenvalue weighted by molar-refractivity contribution is 0.0909. The molecule has 0 fully saturated rings. The lowest BCUT2D eigenvalue weighted by Gasteiger charge is -1.98. The highest BCUT2D eigenvalue weighted by Crippen LogP contribution is 2.13. The van der Waals surface area contributed by atoms with Crippen molar-refractivity contribution in [1.82, 2.24) is 20.6 Å². The number of thiophene rings is 1. The normalized spacial score (nSPS) is 11.1. The highest BCUT2D eigenvalue weighted by molar-refractivity contribution is 7.09. The molecule has 0 atom stereocenters. The maximum atomic E-state index is 12.0. The monoisotopic (exact) mass is 346 g/mol. The predicted molar refractivity (Wildman–Crippen MR) is 87.6 cm³/mol. The Bertz CT molecular complexity index is 792. The van der Waals surface area contributed by atoms with Crippen molar-refractivity contribution in [2.24, 2.45) is 5.92 Å². The van der Waals surface area contributed by atoms with Crippen LogP contribution in [0.2, 0.25) is 0 Å². The first-order valence-corrected chi connectivity index (χ1v) is 8.55. The first kappa shape index (κ1) is 16.4. The molecule has 0 unspecified atom stereocenters. The highest BCUT2D eigenvalue weighted by Gasteiger charge is 2.15. The number of hydrogen-bond acceptors (Lipinski definition) is 7. The quantitative estimate of drug-likeness (QED) is 0.707. The fourth-order valence-electron chi connectivity index (χ4n) is 2.18. The smallest absolute Gasteiger partial charge is 0.290 e. The summed E-state index contributed by atoms with van der Waals surface area (Å²) >= 11 is 1.64. The third-order valence-electron chi connectivity index (χ3n) is 3.22. The summed E-state index contributed by atoms with van der Waals surface area (Å²) < 4.78 is 10.2. The molecule has 3 aromatic heterocycles. The van der Waals surface area contributed by atoms with Gasteiger partial charge < -0.3 is 14.4 Å². The van der Waals surface area contributed by atoms with E-state index < -0.39 is 0 Å². The average Bonchev–Trinajstić information content (AvgIpc) is 3.27. The summed E-state index contributed by atoms with van der Waals surface area (Å²) in [6.07, 6.45) is 1.39. The first-order chi connectivity index (χ1) is 11.6. The molecule has 8 heteroatoms. The molecule has 1 N–H and O–H groups in total. The fourth-order valence-corrected chi connectivity index (χ4v) is 2.88. The number of amides is 1. The summed E-state index contributed by atoms with van der Waals surface area (Å²) in [6, 6.07) is 5.65. The molecule has 0 aliphatic carbocycles. The number of aromatic nitrogens is 3. The Hall–Kier alpha value is -2.48. The van der Waals surface area contributed by atoms with Crippen LogP contribution in [0.1, 0.15) is 46.7 Å². The lowest BCUT2D eigenvalue weighted by atomic mass is 10.1. The van der Waals surface area contributed by atoms with Gasteiger partial charge in [-0.05, 0) is 23.8 Å². The van der Waals surface area contributed by atoms with E-state index in [0.29, 0.717) is 24.1 Å². The zero-order valence-electron chi connectivity index (χ0n) is 13.5. The van der Waals surface area contributed by atoms with E-state index in [9.17, 15) is 4.79 Å². The minimum absolute atomic E-state index is 0.149. The van der Waals surface area contributed by atoms with Crippen molar-refractivity contribution in [1.29, 1.82) is 0 Å². The molecule has 0 saturated carbocycles. The van der Waals surface area contributed by atoms with E-state index in [-0.39, 0.29) is 18.2 Å². The van der Waals surface area contributed by atoms with E-state index in [2.05, 4.69) is 34.5 Å². The summed E-state index contributed by atoms with van der Waals surface area (Å²) in [4.78, 5) is 17.5. The van der Waals surface area contributed by atoms with Crippen molar-refractivity contribution < 1.29 is 13.8 Å². The Balaban J connectivity index is 1.52. The van der Waals surface area contributed by atoms with Crippen molar-refractivity contribution in [3.63, 3.8) is 0 Å². The summed E-state index contributed by atoms with van der Waals surface area (Å²) in [5.74, 6) is 1.24. The van der Waals surface area contributed by atoms with E-state index in [0.717, 1.165) is 17.0 Å². The average molecular weight is 346 g/mol. The zero-order valence-corrected chi connectivity index (χ0v) is 14.3. The van der Waals surface area contributed by atoms with Crippen LogP contribution in [0.4, 0.5) is 0 Å². The van der Waals surface area contributed by atoms with Crippen LogP contribution in [-0.2, 0) is 19.4 Å². The first-order valence-electron chi connectivity index (χ1n) is 7.68. The molecule has 0 aliphatic rings. The highest BCUT2D eigenvalue weighted by atomic mass is 32.1. The van der Waals surface area contributed by atoms with Gasteiger partial charge in [-0.3, -0.25) is 4.79 Å². The molecule has 126 valence electrons. The third kappa shape index (κ3) is 4.29. The van der Waals surface area contributed by atoms with Gasteiger partial charge in [0.2, 0.25) is 11.7 Å². The van der Waals surface area contributed by atoms with Crippen LogP contribution < -0.4 is 5.32 Å². The molecule has 24 heavy (non-hydrogen) atoms. The van der Waals surface area contributed by atoms with Gasteiger partial charge in [-0.15, -0.1) is 11.3 Å². The molecule has 0 bridgehead atoms. The van der Waals surface area contributed by atoms with Gasteiger partial charge in [-0.1, -0.05) is 30.2 Å². The van der Waals surface area contributed by atoms with Gasteiger partial charge >= 0.3 is 0 Å². The molecule has 3 heterocycles. The molecule has 0 aliphatic heterocycles. The van der Waals surface area contributed by atoms with Crippen LogP contribution in [0, 0.1) is 5.92 Å². The van der Waals surface area contributed by atoms with Crippen LogP contribution in [0.15, 0.2) is 32.6 Å².